The number of piperidine rings is 1. The first-order valence-electron chi connectivity index (χ1n) is 7.67. The van der Waals surface area contributed by atoms with E-state index in [0.29, 0.717) is 24.5 Å². The molecular formula is C16H21N3O3. The van der Waals surface area contributed by atoms with Crippen LogP contribution < -0.4 is 15.4 Å². The van der Waals surface area contributed by atoms with E-state index in [1.54, 1.807) is 18.1 Å². The van der Waals surface area contributed by atoms with E-state index in [9.17, 15) is 9.59 Å². The number of hydrogen-bond acceptors (Lipinski definition) is 3. The van der Waals surface area contributed by atoms with Gasteiger partial charge in [-0.05, 0) is 37.8 Å². The Morgan fingerprint density at radius 2 is 2.18 bits per heavy atom. The van der Waals surface area contributed by atoms with Gasteiger partial charge in [-0.15, -0.1) is 0 Å². The lowest BCUT2D eigenvalue weighted by Gasteiger charge is -2.39. The quantitative estimate of drug-likeness (QED) is 0.877. The number of ether oxygens (including phenoxy) is 1. The highest BCUT2D eigenvalue weighted by molar-refractivity contribution is 5.97. The Morgan fingerprint density at radius 1 is 1.36 bits per heavy atom. The number of amides is 3. The van der Waals surface area contributed by atoms with Crippen molar-refractivity contribution in [2.75, 3.05) is 25.5 Å². The van der Waals surface area contributed by atoms with E-state index in [4.69, 9.17) is 4.74 Å². The van der Waals surface area contributed by atoms with E-state index in [1.807, 2.05) is 18.2 Å². The summed E-state index contributed by atoms with van der Waals surface area (Å²) < 4.78 is 5.16. The van der Waals surface area contributed by atoms with Gasteiger partial charge in [0.25, 0.3) is 0 Å². The summed E-state index contributed by atoms with van der Waals surface area (Å²) in [5.74, 6) is 0.668. The fourth-order valence-electron chi connectivity index (χ4n) is 3.42. The molecular weight excluding hydrogens is 282 g/mol. The molecule has 0 aromatic heterocycles. The monoisotopic (exact) mass is 303 g/mol. The number of carbonyl (C=O) groups excluding carboxylic acids is 2. The molecule has 2 fully saturated rings. The molecule has 0 radical (unpaired) electrons. The third-order valence-electron chi connectivity index (χ3n) is 4.53. The molecule has 2 N–H and O–H groups in total. The van der Waals surface area contributed by atoms with Gasteiger partial charge in [0.2, 0.25) is 5.91 Å². The minimum Gasteiger partial charge on any atom is -0.497 e. The van der Waals surface area contributed by atoms with Gasteiger partial charge >= 0.3 is 6.03 Å². The second kappa shape index (κ2) is 5.87. The number of likely N-dealkylation sites (tertiary alicyclic amines) is 1. The van der Waals surface area contributed by atoms with Crippen LogP contribution in [-0.4, -0.2) is 42.6 Å². The first-order valence-corrected chi connectivity index (χ1v) is 7.67. The van der Waals surface area contributed by atoms with Crippen LogP contribution in [0.1, 0.15) is 25.7 Å². The SMILES string of the molecule is COc1cccc(NC(=O)N2CCCC23CCCNC3=O)c1. The summed E-state index contributed by atoms with van der Waals surface area (Å²) in [5, 5.41) is 5.78. The van der Waals surface area contributed by atoms with Gasteiger partial charge < -0.3 is 20.3 Å². The van der Waals surface area contributed by atoms with Crippen molar-refractivity contribution >= 4 is 17.6 Å². The topological polar surface area (TPSA) is 70.7 Å². The van der Waals surface area contributed by atoms with E-state index in [1.165, 1.54) is 0 Å². The van der Waals surface area contributed by atoms with Crippen LogP contribution in [0.3, 0.4) is 0 Å². The minimum atomic E-state index is -0.665. The molecule has 6 heteroatoms. The second-order valence-electron chi connectivity index (χ2n) is 5.81. The lowest BCUT2D eigenvalue weighted by Crippen LogP contribution is -2.60. The zero-order valence-corrected chi connectivity index (χ0v) is 12.7. The molecule has 22 heavy (non-hydrogen) atoms. The first-order chi connectivity index (χ1) is 10.7. The number of urea groups is 1. The van der Waals surface area contributed by atoms with Crippen molar-refractivity contribution in [3.8, 4) is 5.75 Å². The highest BCUT2D eigenvalue weighted by Gasteiger charge is 2.50. The molecule has 6 nitrogen and oxygen atoms in total. The molecule has 2 saturated heterocycles. The average Bonchev–Trinajstić information content (AvgIpc) is 2.95. The van der Waals surface area contributed by atoms with Crippen LogP contribution in [0.25, 0.3) is 0 Å². The summed E-state index contributed by atoms with van der Waals surface area (Å²) in [6.07, 6.45) is 3.25. The number of rotatable bonds is 2. The zero-order valence-electron chi connectivity index (χ0n) is 12.7. The third kappa shape index (κ3) is 2.49. The molecule has 0 aliphatic carbocycles. The normalized spacial score (nSPS) is 24.2. The summed E-state index contributed by atoms with van der Waals surface area (Å²) in [4.78, 5) is 26.7. The predicted octanol–water partition coefficient (Wildman–Crippen LogP) is 1.97. The van der Waals surface area contributed by atoms with Crippen molar-refractivity contribution in [3.63, 3.8) is 0 Å². The number of carbonyl (C=O) groups is 2. The van der Waals surface area contributed by atoms with Gasteiger partial charge in [-0.1, -0.05) is 6.07 Å². The van der Waals surface area contributed by atoms with Crippen molar-refractivity contribution in [1.29, 1.82) is 0 Å². The minimum absolute atomic E-state index is 0.0166. The van der Waals surface area contributed by atoms with Crippen LogP contribution in [-0.2, 0) is 4.79 Å². The average molecular weight is 303 g/mol. The Morgan fingerprint density at radius 3 is 2.95 bits per heavy atom. The van der Waals surface area contributed by atoms with Crippen LogP contribution >= 0.6 is 0 Å². The van der Waals surface area contributed by atoms with Gasteiger partial charge in [-0.2, -0.15) is 0 Å². The summed E-state index contributed by atoms with van der Waals surface area (Å²) in [6.45, 7) is 1.31. The molecule has 118 valence electrons. The molecule has 3 amide bonds. The molecule has 1 atom stereocenters. The number of nitrogens with zero attached hydrogens (tertiary/aromatic N) is 1. The molecule has 2 aliphatic rings. The predicted molar refractivity (Wildman–Crippen MR) is 82.9 cm³/mol. The van der Waals surface area contributed by atoms with Gasteiger partial charge in [-0.25, -0.2) is 4.79 Å². The number of anilines is 1. The molecule has 2 heterocycles. The van der Waals surface area contributed by atoms with Crippen molar-refractivity contribution in [2.24, 2.45) is 0 Å². The second-order valence-corrected chi connectivity index (χ2v) is 5.81. The van der Waals surface area contributed by atoms with Gasteiger partial charge in [0.05, 0.1) is 7.11 Å². The Bertz CT molecular complexity index is 590. The maximum absolute atomic E-state index is 12.6. The molecule has 3 rings (SSSR count). The summed E-state index contributed by atoms with van der Waals surface area (Å²) in [6, 6.07) is 7.00. The number of hydrogen-bond donors (Lipinski definition) is 2. The number of methoxy groups -OCH3 is 1. The van der Waals surface area contributed by atoms with Gasteiger partial charge in [0.1, 0.15) is 11.3 Å². The number of nitrogens with one attached hydrogen (secondary N) is 2. The van der Waals surface area contributed by atoms with Crippen LogP contribution in [0.5, 0.6) is 5.75 Å². The van der Waals surface area contributed by atoms with E-state index >= 15 is 0 Å². The van der Waals surface area contributed by atoms with E-state index < -0.39 is 5.54 Å². The lowest BCUT2D eigenvalue weighted by atomic mass is 9.86. The van der Waals surface area contributed by atoms with Gasteiger partial charge in [0.15, 0.2) is 0 Å². The molecule has 1 spiro atoms. The Labute approximate surface area is 129 Å². The summed E-state index contributed by atoms with van der Waals surface area (Å²) >= 11 is 0. The lowest BCUT2D eigenvalue weighted by molar-refractivity contribution is -0.132. The molecule has 1 unspecified atom stereocenters. The van der Waals surface area contributed by atoms with Gasteiger partial charge in [-0.3, -0.25) is 4.79 Å². The molecule has 1 aromatic rings. The van der Waals surface area contributed by atoms with Crippen molar-refractivity contribution in [2.45, 2.75) is 31.2 Å². The molecule has 1 aromatic carbocycles. The molecule has 0 saturated carbocycles. The largest absolute Gasteiger partial charge is 0.497 e. The standard InChI is InChI=1S/C16H21N3O3/c1-22-13-6-2-5-12(11-13)18-15(21)19-10-4-8-16(19)7-3-9-17-14(16)20/h2,5-6,11H,3-4,7-10H2,1H3,(H,17,20)(H,18,21). The Hall–Kier alpha value is -2.24. The fourth-order valence-corrected chi connectivity index (χ4v) is 3.42. The first kappa shape index (κ1) is 14.7. The molecule has 2 aliphatic heterocycles. The summed E-state index contributed by atoms with van der Waals surface area (Å²) in [5.41, 5.74) is 0.00361. The van der Waals surface area contributed by atoms with Crippen molar-refractivity contribution < 1.29 is 14.3 Å². The van der Waals surface area contributed by atoms with Crippen molar-refractivity contribution in [3.05, 3.63) is 24.3 Å². The highest BCUT2D eigenvalue weighted by Crippen LogP contribution is 2.36. The van der Waals surface area contributed by atoms with Crippen LogP contribution in [0, 0.1) is 0 Å². The van der Waals surface area contributed by atoms with Crippen LogP contribution in [0.2, 0.25) is 0 Å². The maximum Gasteiger partial charge on any atom is 0.322 e. The number of benzene rings is 1. The third-order valence-corrected chi connectivity index (χ3v) is 4.53. The Kier molecular flexibility index (Phi) is 3.92. The van der Waals surface area contributed by atoms with Crippen LogP contribution in [0.15, 0.2) is 24.3 Å². The van der Waals surface area contributed by atoms with E-state index in [-0.39, 0.29) is 11.9 Å². The fraction of sp³-hybridized carbons (Fsp3) is 0.500. The van der Waals surface area contributed by atoms with E-state index in [2.05, 4.69) is 10.6 Å². The van der Waals surface area contributed by atoms with Gasteiger partial charge in [0, 0.05) is 24.8 Å². The highest BCUT2D eigenvalue weighted by atomic mass is 16.5. The maximum atomic E-state index is 12.6. The van der Waals surface area contributed by atoms with Crippen LogP contribution in [0.4, 0.5) is 10.5 Å². The molecule has 0 bridgehead atoms. The zero-order chi connectivity index (χ0) is 15.6. The van der Waals surface area contributed by atoms with E-state index in [0.717, 1.165) is 25.7 Å². The Balaban J connectivity index is 1.77. The smallest absolute Gasteiger partial charge is 0.322 e. The summed E-state index contributed by atoms with van der Waals surface area (Å²) in [7, 11) is 1.59. The van der Waals surface area contributed by atoms with Crippen molar-refractivity contribution in [1.82, 2.24) is 10.2 Å².